The summed E-state index contributed by atoms with van der Waals surface area (Å²) in [6.07, 6.45) is 0. The standard InChI is InChI=1S/C7H8FNO3S/c1-12-9-13(10,11)7-5-3-2-4-6(7)8/h2-5,9H,1H3. The molecule has 0 fully saturated rings. The molecule has 1 aromatic carbocycles. The Morgan fingerprint density at radius 2 is 2.00 bits per heavy atom. The molecule has 0 aliphatic heterocycles. The first-order valence-electron chi connectivity index (χ1n) is 3.37. The summed E-state index contributed by atoms with van der Waals surface area (Å²) in [5, 5.41) is 0. The molecular weight excluding hydrogens is 197 g/mol. The van der Waals surface area contributed by atoms with Crippen LogP contribution in [-0.2, 0) is 14.9 Å². The molecule has 1 aromatic rings. The van der Waals surface area contributed by atoms with Gasteiger partial charge in [-0.05, 0) is 12.1 Å². The van der Waals surface area contributed by atoms with Gasteiger partial charge in [0.25, 0.3) is 10.0 Å². The molecule has 0 amide bonds. The van der Waals surface area contributed by atoms with E-state index in [1.807, 2.05) is 0 Å². The van der Waals surface area contributed by atoms with Crippen molar-refractivity contribution in [2.45, 2.75) is 4.90 Å². The van der Waals surface area contributed by atoms with Crippen LogP contribution in [0.2, 0.25) is 0 Å². The molecule has 0 saturated carbocycles. The minimum atomic E-state index is -3.89. The van der Waals surface area contributed by atoms with E-state index < -0.39 is 20.7 Å². The lowest BCUT2D eigenvalue weighted by Crippen LogP contribution is -2.23. The SMILES string of the molecule is CONS(=O)(=O)c1ccccc1F. The van der Waals surface area contributed by atoms with Crippen LogP contribution in [0.5, 0.6) is 0 Å². The van der Waals surface area contributed by atoms with Crippen molar-refractivity contribution in [3.8, 4) is 0 Å². The van der Waals surface area contributed by atoms with Gasteiger partial charge >= 0.3 is 0 Å². The van der Waals surface area contributed by atoms with Crippen LogP contribution in [-0.4, -0.2) is 15.5 Å². The van der Waals surface area contributed by atoms with E-state index in [-0.39, 0.29) is 0 Å². The molecule has 0 radical (unpaired) electrons. The number of hydrogen-bond acceptors (Lipinski definition) is 3. The third kappa shape index (κ3) is 2.24. The number of nitrogens with one attached hydrogen (secondary N) is 1. The number of rotatable bonds is 3. The molecule has 0 atom stereocenters. The van der Waals surface area contributed by atoms with Gasteiger partial charge in [-0.1, -0.05) is 17.0 Å². The molecule has 4 nitrogen and oxygen atoms in total. The molecule has 0 saturated heterocycles. The second-order valence-corrected chi connectivity index (χ2v) is 3.83. The van der Waals surface area contributed by atoms with Gasteiger partial charge in [0.1, 0.15) is 10.7 Å². The number of hydrogen-bond donors (Lipinski definition) is 1. The molecule has 0 aliphatic carbocycles. The van der Waals surface area contributed by atoms with Gasteiger partial charge in [0.15, 0.2) is 0 Å². The normalized spacial score (nSPS) is 11.5. The van der Waals surface area contributed by atoms with E-state index >= 15 is 0 Å². The van der Waals surface area contributed by atoms with Crippen LogP contribution in [0.25, 0.3) is 0 Å². The first kappa shape index (κ1) is 10.1. The maximum Gasteiger partial charge on any atom is 0.265 e. The van der Waals surface area contributed by atoms with Gasteiger partial charge in [-0.3, -0.25) is 4.84 Å². The second-order valence-electron chi connectivity index (χ2n) is 2.22. The van der Waals surface area contributed by atoms with Crippen LogP contribution in [0.15, 0.2) is 29.2 Å². The second kappa shape index (κ2) is 3.82. The highest BCUT2D eigenvalue weighted by Gasteiger charge is 2.17. The molecule has 1 rings (SSSR count). The number of sulfonamides is 1. The van der Waals surface area contributed by atoms with Gasteiger partial charge in [-0.2, -0.15) is 0 Å². The van der Waals surface area contributed by atoms with Gasteiger partial charge in [-0.25, -0.2) is 12.8 Å². The van der Waals surface area contributed by atoms with Gasteiger partial charge in [-0.15, -0.1) is 0 Å². The number of halogens is 1. The van der Waals surface area contributed by atoms with Crippen molar-refractivity contribution in [1.29, 1.82) is 0 Å². The molecule has 1 N–H and O–H groups in total. The summed E-state index contributed by atoms with van der Waals surface area (Å²) in [5.41, 5.74) is 0. The summed E-state index contributed by atoms with van der Waals surface area (Å²) in [4.78, 5) is 5.49. The minimum Gasteiger partial charge on any atom is -0.290 e. The average molecular weight is 205 g/mol. The van der Waals surface area contributed by atoms with Crippen molar-refractivity contribution < 1.29 is 17.6 Å². The summed E-state index contributed by atoms with van der Waals surface area (Å²) in [5.74, 6) is -0.813. The summed E-state index contributed by atoms with van der Waals surface area (Å²) in [6, 6.07) is 5.04. The van der Waals surface area contributed by atoms with Crippen LogP contribution in [0.1, 0.15) is 0 Å². The third-order valence-electron chi connectivity index (χ3n) is 1.32. The Balaban J connectivity index is 3.15. The van der Waals surface area contributed by atoms with Crippen molar-refractivity contribution in [2.24, 2.45) is 0 Å². The predicted molar refractivity (Wildman–Crippen MR) is 43.7 cm³/mol. The Morgan fingerprint density at radius 3 is 2.54 bits per heavy atom. The topological polar surface area (TPSA) is 55.4 Å². The number of benzene rings is 1. The molecule has 0 spiro atoms. The van der Waals surface area contributed by atoms with E-state index in [0.29, 0.717) is 0 Å². The lowest BCUT2D eigenvalue weighted by Gasteiger charge is -2.04. The van der Waals surface area contributed by atoms with Gasteiger partial charge in [0.2, 0.25) is 0 Å². The highest BCUT2D eigenvalue weighted by Crippen LogP contribution is 2.12. The van der Waals surface area contributed by atoms with E-state index in [4.69, 9.17) is 0 Å². The van der Waals surface area contributed by atoms with E-state index in [2.05, 4.69) is 4.84 Å². The Morgan fingerprint density at radius 1 is 1.38 bits per heavy atom. The fraction of sp³-hybridized carbons (Fsp3) is 0.143. The highest BCUT2D eigenvalue weighted by atomic mass is 32.2. The monoisotopic (exact) mass is 205 g/mol. The van der Waals surface area contributed by atoms with E-state index in [0.717, 1.165) is 19.2 Å². The van der Waals surface area contributed by atoms with E-state index in [1.54, 1.807) is 4.89 Å². The summed E-state index contributed by atoms with van der Waals surface area (Å²) >= 11 is 0. The molecule has 0 heterocycles. The van der Waals surface area contributed by atoms with Crippen LogP contribution < -0.4 is 4.89 Å². The molecule has 72 valence electrons. The lowest BCUT2D eigenvalue weighted by atomic mass is 10.4. The van der Waals surface area contributed by atoms with Crippen LogP contribution in [0.4, 0.5) is 4.39 Å². The van der Waals surface area contributed by atoms with Crippen molar-refractivity contribution in [3.05, 3.63) is 30.1 Å². The summed E-state index contributed by atoms with van der Waals surface area (Å²) in [6.45, 7) is 0. The van der Waals surface area contributed by atoms with Crippen LogP contribution in [0.3, 0.4) is 0 Å². The maximum absolute atomic E-state index is 12.9. The Bertz CT molecular complexity index is 390. The van der Waals surface area contributed by atoms with E-state index in [9.17, 15) is 12.8 Å². The lowest BCUT2D eigenvalue weighted by molar-refractivity contribution is 0.153. The predicted octanol–water partition coefficient (Wildman–Crippen LogP) is 0.665. The van der Waals surface area contributed by atoms with Crippen molar-refractivity contribution in [2.75, 3.05) is 7.11 Å². The molecule has 0 unspecified atom stereocenters. The zero-order valence-electron chi connectivity index (χ0n) is 6.82. The Kier molecular flexibility index (Phi) is 2.97. The smallest absolute Gasteiger partial charge is 0.265 e. The zero-order valence-corrected chi connectivity index (χ0v) is 7.64. The first-order valence-corrected chi connectivity index (χ1v) is 4.85. The molecule has 0 bridgehead atoms. The van der Waals surface area contributed by atoms with Gasteiger partial charge < -0.3 is 0 Å². The molecule has 13 heavy (non-hydrogen) atoms. The fourth-order valence-corrected chi connectivity index (χ4v) is 1.71. The highest BCUT2D eigenvalue weighted by molar-refractivity contribution is 7.89. The Hall–Kier alpha value is -0.980. The quantitative estimate of drug-likeness (QED) is 0.738. The van der Waals surface area contributed by atoms with Crippen LogP contribution in [0, 0.1) is 5.82 Å². The zero-order chi connectivity index (χ0) is 9.90. The summed E-state index contributed by atoms with van der Waals surface area (Å²) in [7, 11) is -2.75. The minimum absolute atomic E-state index is 0.433. The van der Waals surface area contributed by atoms with Crippen molar-refractivity contribution in [1.82, 2.24) is 4.89 Å². The first-order chi connectivity index (χ1) is 6.08. The molecule has 0 aromatic heterocycles. The van der Waals surface area contributed by atoms with Crippen LogP contribution >= 0.6 is 0 Å². The van der Waals surface area contributed by atoms with Crippen molar-refractivity contribution in [3.63, 3.8) is 0 Å². The van der Waals surface area contributed by atoms with E-state index in [1.165, 1.54) is 12.1 Å². The maximum atomic E-state index is 12.9. The molecular formula is C7H8FNO3S. The van der Waals surface area contributed by atoms with Gasteiger partial charge in [0, 0.05) is 0 Å². The Labute approximate surface area is 75.3 Å². The molecule has 0 aliphatic rings. The van der Waals surface area contributed by atoms with Crippen molar-refractivity contribution >= 4 is 10.0 Å². The average Bonchev–Trinajstić information content (AvgIpc) is 2.04. The van der Waals surface area contributed by atoms with Gasteiger partial charge in [0.05, 0.1) is 7.11 Å². The third-order valence-corrected chi connectivity index (χ3v) is 2.62. The summed E-state index contributed by atoms with van der Waals surface area (Å²) < 4.78 is 35.3. The molecule has 6 heteroatoms. The fourth-order valence-electron chi connectivity index (χ4n) is 0.817. The largest absolute Gasteiger partial charge is 0.290 e.